The number of benzene rings is 1. The number of aliphatic carboxylic acids is 2. The molecular formula is C11H13NNa2O4. The van der Waals surface area contributed by atoms with E-state index in [-0.39, 0.29) is 65.5 Å². The second kappa shape index (κ2) is 8.96. The zero-order valence-electron chi connectivity index (χ0n) is 10.8. The monoisotopic (exact) mass is 269 g/mol. The number of rotatable bonds is 4. The normalized spacial score (nSPS) is 10.7. The molecule has 18 heavy (non-hydrogen) atoms. The number of carbonyl (C=O) groups is 2. The zero-order valence-corrected chi connectivity index (χ0v) is 14.8. The molecule has 0 fully saturated rings. The summed E-state index contributed by atoms with van der Waals surface area (Å²) in [6.45, 7) is 1.54. The van der Waals surface area contributed by atoms with Crippen LogP contribution in [0.25, 0.3) is 0 Å². The summed E-state index contributed by atoms with van der Waals surface area (Å²) in [5.41, 5.74) is 6.96. The first kappa shape index (κ1) is 20.3. The molecule has 1 unspecified atom stereocenters. The van der Waals surface area contributed by atoms with Gasteiger partial charge in [0.1, 0.15) is 0 Å². The Balaban J connectivity index is 0. The summed E-state index contributed by atoms with van der Waals surface area (Å²) < 4.78 is 0. The molecule has 1 atom stereocenters. The topological polar surface area (TPSA) is 101 Å². The number of carboxylic acid groups (broad SMARTS) is 2. The van der Waals surface area contributed by atoms with Crippen LogP contribution in [0.4, 0.5) is 5.69 Å². The summed E-state index contributed by atoms with van der Waals surface area (Å²) in [5, 5.41) is 17.5. The maximum Gasteiger partial charge on any atom is 0.310 e. The van der Waals surface area contributed by atoms with Gasteiger partial charge in [-0.1, -0.05) is 12.1 Å². The minimum atomic E-state index is -0.994. The van der Waals surface area contributed by atoms with E-state index < -0.39 is 17.9 Å². The molecule has 0 aliphatic heterocycles. The molecule has 5 nitrogen and oxygen atoms in total. The fourth-order valence-electron chi connectivity index (χ4n) is 1.35. The van der Waals surface area contributed by atoms with Gasteiger partial charge >= 0.3 is 11.9 Å². The standard InChI is InChI=1S/C11H13NO4.2Na/c1-6(11(15)16)7-2-3-9(12)8(4-7)5-10(13)14;;/h2-4,6H,5,12H2,1H3,(H,13,14)(H,15,16);;. The molecule has 1 aromatic rings. The van der Waals surface area contributed by atoms with Crippen LogP contribution in [-0.2, 0) is 16.0 Å². The Kier molecular flexibility index (Phi) is 10.1. The molecule has 7 heteroatoms. The Morgan fingerprint density at radius 3 is 2.28 bits per heavy atom. The van der Waals surface area contributed by atoms with E-state index in [1.165, 1.54) is 12.1 Å². The number of nitrogens with two attached hydrogens (primary N) is 1. The van der Waals surface area contributed by atoms with Crippen LogP contribution < -0.4 is 5.73 Å². The van der Waals surface area contributed by atoms with E-state index in [9.17, 15) is 9.59 Å². The van der Waals surface area contributed by atoms with E-state index in [1.807, 2.05) is 0 Å². The first-order chi connectivity index (χ1) is 7.41. The number of carboxylic acids is 2. The smallest absolute Gasteiger partial charge is 0.310 e. The Hall–Kier alpha value is -0.0400. The average Bonchev–Trinajstić information content (AvgIpc) is 2.19. The zero-order chi connectivity index (χ0) is 12.3. The molecule has 88 valence electrons. The van der Waals surface area contributed by atoms with Crippen molar-refractivity contribution in [2.24, 2.45) is 0 Å². The molecule has 0 saturated heterocycles. The molecule has 0 saturated carbocycles. The van der Waals surface area contributed by atoms with Crippen molar-refractivity contribution < 1.29 is 19.8 Å². The SMILES string of the molecule is CC(C(=O)O)c1ccc(N)c(CC(=O)O)c1.[Na].[Na]. The van der Waals surface area contributed by atoms with Gasteiger partial charge in [0.15, 0.2) is 0 Å². The number of nitrogen functional groups attached to an aromatic ring is 1. The second-order valence-electron chi connectivity index (χ2n) is 3.59. The molecule has 0 bridgehead atoms. The minimum Gasteiger partial charge on any atom is -0.481 e. The van der Waals surface area contributed by atoms with Crippen molar-refractivity contribution in [2.75, 3.05) is 5.73 Å². The molecule has 0 heterocycles. The predicted octanol–water partition coefficient (Wildman–Crippen LogP) is 0.322. The third-order valence-electron chi connectivity index (χ3n) is 2.38. The van der Waals surface area contributed by atoms with Gasteiger partial charge in [-0.3, -0.25) is 9.59 Å². The molecule has 0 aromatic heterocycles. The summed E-state index contributed by atoms with van der Waals surface area (Å²) in [6, 6.07) is 4.66. The van der Waals surface area contributed by atoms with Crippen LogP contribution in [0, 0.1) is 0 Å². The number of hydrogen-bond acceptors (Lipinski definition) is 3. The quantitative estimate of drug-likeness (QED) is 0.540. The first-order valence-corrected chi connectivity index (χ1v) is 4.74. The molecule has 2 radical (unpaired) electrons. The molecule has 1 rings (SSSR count). The van der Waals surface area contributed by atoms with Crippen molar-refractivity contribution in [3.05, 3.63) is 29.3 Å². The average molecular weight is 269 g/mol. The fraction of sp³-hybridized carbons (Fsp3) is 0.273. The Morgan fingerprint density at radius 1 is 1.28 bits per heavy atom. The summed E-state index contributed by atoms with van der Waals surface area (Å²) in [7, 11) is 0. The largest absolute Gasteiger partial charge is 0.481 e. The van der Waals surface area contributed by atoms with E-state index in [2.05, 4.69) is 0 Å². The fourth-order valence-corrected chi connectivity index (χ4v) is 1.35. The van der Waals surface area contributed by atoms with Crippen LogP contribution in [0.2, 0.25) is 0 Å². The van der Waals surface area contributed by atoms with E-state index >= 15 is 0 Å². The van der Waals surface area contributed by atoms with E-state index in [4.69, 9.17) is 15.9 Å². The molecule has 0 aliphatic rings. The van der Waals surface area contributed by atoms with Crippen molar-refractivity contribution in [3.63, 3.8) is 0 Å². The van der Waals surface area contributed by atoms with Crippen molar-refractivity contribution in [3.8, 4) is 0 Å². The van der Waals surface area contributed by atoms with Gasteiger partial charge in [0.05, 0.1) is 12.3 Å². The Labute approximate surface area is 149 Å². The molecular weight excluding hydrogens is 256 g/mol. The molecule has 4 N–H and O–H groups in total. The molecule has 1 aromatic carbocycles. The molecule has 0 amide bonds. The van der Waals surface area contributed by atoms with Gasteiger partial charge in [-0.15, -0.1) is 0 Å². The predicted molar refractivity (Wildman–Crippen MR) is 69.8 cm³/mol. The van der Waals surface area contributed by atoms with Crippen LogP contribution in [0.3, 0.4) is 0 Å². The van der Waals surface area contributed by atoms with Crippen LogP contribution in [0.1, 0.15) is 24.0 Å². The van der Waals surface area contributed by atoms with Gasteiger partial charge in [-0.2, -0.15) is 0 Å². The van der Waals surface area contributed by atoms with Crippen molar-refractivity contribution in [2.45, 2.75) is 19.3 Å². The van der Waals surface area contributed by atoms with Crippen LogP contribution in [0.5, 0.6) is 0 Å². The summed E-state index contributed by atoms with van der Waals surface area (Å²) in [4.78, 5) is 21.3. The maximum atomic E-state index is 10.8. The number of anilines is 1. The Bertz CT molecular complexity index is 437. The number of hydrogen-bond donors (Lipinski definition) is 3. The molecule has 0 spiro atoms. The van der Waals surface area contributed by atoms with E-state index in [1.54, 1.807) is 13.0 Å². The van der Waals surface area contributed by atoms with Gasteiger partial charge in [0.25, 0.3) is 0 Å². The van der Waals surface area contributed by atoms with Gasteiger partial charge in [0.2, 0.25) is 0 Å². The van der Waals surface area contributed by atoms with Crippen molar-refractivity contribution >= 4 is 76.7 Å². The van der Waals surface area contributed by atoms with Gasteiger partial charge in [-0.05, 0) is 24.1 Å². The van der Waals surface area contributed by atoms with Crippen LogP contribution >= 0.6 is 0 Å². The maximum absolute atomic E-state index is 10.8. The summed E-state index contributed by atoms with van der Waals surface area (Å²) in [6.07, 6.45) is -0.202. The second-order valence-corrected chi connectivity index (χ2v) is 3.59. The van der Waals surface area contributed by atoms with Gasteiger partial charge < -0.3 is 15.9 Å². The first-order valence-electron chi connectivity index (χ1n) is 4.74. The molecule has 0 aliphatic carbocycles. The van der Waals surface area contributed by atoms with E-state index in [0.717, 1.165) is 0 Å². The van der Waals surface area contributed by atoms with Crippen molar-refractivity contribution in [1.29, 1.82) is 0 Å². The van der Waals surface area contributed by atoms with Crippen LogP contribution in [0.15, 0.2) is 18.2 Å². The third-order valence-corrected chi connectivity index (χ3v) is 2.38. The summed E-state index contributed by atoms with van der Waals surface area (Å²) in [5.74, 6) is -2.62. The third kappa shape index (κ3) is 5.73. The van der Waals surface area contributed by atoms with E-state index in [0.29, 0.717) is 16.8 Å². The van der Waals surface area contributed by atoms with Crippen LogP contribution in [-0.4, -0.2) is 81.3 Å². The van der Waals surface area contributed by atoms with Gasteiger partial charge in [0, 0.05) is 64.8 Å². The van der Waals surface area contributed by atoms with Gasteiger partial charge in [-0.25, -0.2) is 0 Å². The Morgan fingerprint density at radius 2 is 1.83 bits per heavy atom. The summed E-state index contributed by atoms with van der Waals surface area (Å²) >= 11 is 0. The van der Waals surface area contributed by atoms with Crippen molar-refractivity contribution in [1.82, 2.24) is 0 Å². The minimum absolute atomic E-state index is 0.